The Hall–Kier alpha value is -4.27. The van der Waals surface area contributed by atoms with E-state index < -0.39 is 0 Å². The second-order valence-electron chi connectivity index (χ2n) is 7.36. The van der Waals surface area contributed by atoms with Gasteiger partial charge in [0.25, 0.3) is 5.89 Å². The van der Waals surface area contributed by atoms with Crippen molar-refractivity contribution in [2.45, 2.75) is 12.5 Å². The van der Waals surface area contributed by atoms with E-state index in [1.54, 1.807) is 29.6 Å². The average Bonchev–Trinajstić information content (AvgIpc) is 3.57. The number of benzene rings is 1. The molecule has 5 heterocycles. The van der Waals surface area contributed by atoms with E-state index in [0.29, 0.717) is 18.7 Å². The Labute approximate surface area is 176 Å². The maximum absolute atomic E-state index is 13.4. The van der Waals surface area contributed by atoms with Gasteiger partial charge in [0.05, 0.1) is 12.0 Å². The standard InChI is InChI=1S/C22H17N7O2/c30-22(21-28-27-20(31-21)16-7-3-4-9-23-16)29-10-8-15-18(25-12-24-15)19(29)17-11-13-5-1-2-6-14(13)26-17/h1-7,9,11-12,19,26H,8,10H2,(H,24,25)/t19-/m1/s1. The molecule has 0 fully saturated rings. The number of carbonyl (C=O) groups excluding carboxylic acids is 1. The van der Waals surface area contributed by atoms with Gasteiger partial charge in [0.1, 0.15) is 11.7 Å². The summed E-state index contributed by atoms with van der Waals surface area (Å²) in [4.78, 5) is 30.5. The van der Waals surface area contributed by atoms with E-state index in [9.17, 15) is 4.79 Å². The molecule has 2 N–H and O–H groups in total. The number of nitrogens with zero attached hydrogens (tertiary/aromatic N) is 5. The molecule has 1 aliphatic heterocycles. The minimum atomic E-state index is -0.389. The van der Waals surface area contributed by atoms with Gasteiger partial charge in [0.2, 0.25) is 0 Å². The molecule has 0 unspecified atom stereocenters. The summed E-state index contributed by atoms with van der Waals surface area (Å²) >= 11 is 0. The van der Waals surface area contributed by atoms with E-state index >= 15 is 0 Å². The van der Waals surface area contributed by atoms with Crippen molar-refractivity contribution in [1.29, 1.82) is 0 Å². The van der Waals surface area contributed by atoms with Gasteiger partial charge in [-0.05, 0) is 29.7 Å². The zero-order valence-corrected chi connectivity index (χ0v) is 16.3. The smallest absolute Gasteiger partial charge is 0.312 e. The van der Waals surface area contributed by atoms with Crippen LogP contribution in [0.2, 0.25) is 0 Å². The molecule has 6 rings (SSSR count). The summed E-state index contributed by atoms with van der Waals surface area (Å²) in [7, 11) is 0. The summed E-state index contributed by atoms with van der Waals surface area (Å²) in [6.07, 6.45) is 3.97. The molecule has 9 heteroatoms. The summed E-state index contributed by atoms with van der Waals surface area (Å²) in [5.74, 6) is -0.198. The Morgan fingerprint density at radius 2 is 2.00 bits per heavy atom. The zero-order valence-electron chi connectivity index (χ0n) is 16.3. The van der Waals surface area contributed by atoms with E-state index in [-0.39, 0.29) is 23.7 Å². The van der Waals surface area contributed by atoms with Crippen molar-refractivity contribution in [3.63, 3.8) is 0 Å². The summed E-state index contributed by atoms with van der Waals surface area (Å²) in [6.45, 7) is 0.495. The highest BCUT2D eigenvalue weighted by atomic mass is 16.4. The predicted octanol–water partition coefficient (Wildman–Crippen LogP) is 3.12. The number of aromatic nitrogens is 6. The fourth-order valence-corrected chi connectivity index (χ4v) is 4.08. The Morgan fingerprint density at radius 3 is 2.87 bits per heavy atom. The second kappa shape index (κ2) is 6.91. The third kappa shape index (κ3) is 2.90. The van der Waals surface area contributed by atoms with Crippen molar-refractivity contribution < 1.29 is 9.21 Å². The number of rotatable bonds is 3. The largest absolute Gasteiger partial charge is 0.411 e. The lowest BCUT2D eigenvalue weighted by atomic mass is 9.99. The first-order valence-electron chi connectivity index (χ1n) is 9.93. The van der Waals surface area contributed by atoms with Gasteiger partial charge in [-0.3, -0.25) is 9.78 Å². The molecule has 0 radical (unpaired) electrons. The Balaban J connectivity index is 1.40. The van der Waals surface area contributed by atoms with Gasteiger partial charge < -0.3 is 19.3 Å². The van der Waals surface area contributed by atoms with Crippen LogP contribution in [0.3, 0.4) is 0 Å². The third-order valence-corrected chi connectivity index (χ3v) is 5.52. The van der Waals surface area contributed by atoms with Crippen LogP contribution in [0.25, 0.3) is 22.5 Å². The highest BCUT2D eigenvalue weighted by Gasteiger charge is 2.37. The van der Waals surface area contributed by atoms with Crippen molar-refractivity contribution in [1.82, 2.24) is 35.0 Å². The average molecular weight is 411 g/mol. The van der Waals surface area contributed by atoms with Gasteiger partial charge >= 0.3 is 11.8 Å². The summed E-state index contributed by atoms with van der Waals surface area (Å²) in [5.41, 5.74) is 4.24. The first-order chi connectivity index (χ1) is 15.3. The normalized spacial score (nSPS) is 15.9. The van der Waals surface area contributed by atoms with Crippen LogP contribution in [0.4, 0.5) is 0 Å². The number of hydrogen-bond donors (Lipinski definition) is 2. The van der Waals surface area contributed by atoms with E-state index in [2.05, 4.69) is 36.2 Å². The Kier molecular flexibility index (Phi) is 3.92. The van der Waals surface area contributed by atoms with Crippen molar-refractivity contribution in [3.8, 4) is 11.6 Å². The van der Waals surface area contributed by atoms with Gasteiger partial charge in [0.15, 0.2) is 0 Å². The monoisotopic (exact) mass is 411 g/mol. The Bertz CT molecular complexity index is 1350. The van der Waals surface area contributed by atoms with Crippen LogP contribution >= 0.6 is 0 Å². The number of aromatic amines is 2. The van der Waals surface area contributed by atoms with E-state index in [1.165, 1.54) is 0 Å². The first-order valence-corrected chi connectivity index (χ1v) is 9.93. The zero-order chi connectivity index (χ0) is 20.8. The quantitative estimate of drug-likeness (QED) is 0.471. The molecule has 0 spiro atoms. The van der Waals surface area contributed by atoms with Crippen molar-refractivity contribution >= 4 is 16.8 Å². The van der Waals surface area contributed by atoms with Crippen LogP contribution in [-0.4, -0.2) is 47.5 Å². The molecule has 1 aromatic carbocycles. The van der Waals surface area contributed by atoms with Crippen LogP contribution in [0.5, 0.6) is 0 Å². The molecule has 0 bridgehead atoms. The molecule has 1 atom stereocenters. The molecule has 0 aliphatic carbocycles. The fraction of sp³-hybridized carbons (Fsp3) is 0.136. The van der Waals surface area contributed by atoms with Gasteiger partial charge in [0, 0.05) is 36.1 Å². The van der Waals surface area contributed by atoms with Crippen LogP contribution in [0, 0.1) is 0 Å². The molecule has 0 saturated heterocycles. The summed E-state index contributed by atoms with van der Waals surface area (Å²) in [5, 5.41) is 9.08. The number of pyridine rings is 1. The lowest BCUT2D eigenvalue weighted by Crippen LogP contribution is -2.41. The molecule has 4 aromatic heterocycles. The van der Waals surface area contributed by atoms with Gasteiger partial charge in [-0.15, -0.1) is 10.2 Å². The molecule has 31 heavy (non-hydrogen) atoms. The highest BCUT2D eigenvalue weighted by Crippen LogP contribution is 2.35. The van der Waals surface area contributed by atoms with Gasteiger partial charge in [-0.25, -0.2) is 4.98 Å². The first kappa shape index (κ1) is 17.6. The topological polar surface area (TPSA) is 117 Å². The molecular formula is C22H17N7O2. The number of imidazole rings is 1. The molecular weight excluding hydrogens is 394 g/mol. The number of carbonyl (C=O) groups is 1. The van der Waals surface area contributed by atoms with E-state index in [0.717, 1.165) is 28.0 Å². The van der Waals surface area contributed by atoms with Crippen molar-refractivity contribution in [3.05, 3.63) is 84.0 Å². The van der Waals surface area contributed by atoms with Crippen LogP contribution in [0.1, 0.15) is 33.8 Å². The summed E-state index contributed by atoms with van der Waals surface area (Å²) in [6, 6.07) is 15.0. The summed E-state index contributed by atoms with van der Waals surface area (Å²) < 4.78 is 5.68. The fourth-order valence-electron chi connectivity index (χ4n) is 4.08. The number of hydrogen-bond acceptors (Lipinski definition) is 6. The van der Waals surface area contributed by atoms with Crippen LogP contribution in [0.15, 0.2) is 65.5 Å². The molecule has 9 nitrogen and oxygen atoms in total. The van der Waals surface area contributed by atoms with E-state index in [4.69, 9.17) is 4.42 Å². The van der Waals surface area contributed by atoms with Crippen molar-refractivity contribution in [2.24, 2.45) is 0 Å². The minimum Gasteiger partial charge on any atom is -0.411 e. The van der Waals surface area contributed by atoms with E-state index in [1.807, 2.05) is 30.3 Å². The highest BCUT2D eigenvalue weighted by molar-refractivity contribution is 5.91. The SMILES string of the molecule is O=C(c1nnc(-c2ccccn2)o1)N1CCc2[nH]cnc2[C@H]1c1cc2ccccc2[nH]1. The van der Waals surface area contributed by atoms with Gasteiger partial charge in [-0.2, -0.15) is 0 Å². The maximum Gasteiger partial charge on any atom is 0.312 e. The van der Waals surface area contributed by atoms with Crippen LogP contribution in [-0.2, 0) is 6.42 Å². The lowest BCUT2D eigenvalue weighted by molar-refractivity contribution is 0.0647. The second-order valence-corrected chi connectivity index (χ2v) is 7.36. The Morgan fingerprint density at radius 1 is 1.10 bits per heavy atom. The number of nitrogens with one attached hydrogen (secondary N) is 2. The number of amides is 1. The number of para-hydroxylation sites is 1. The minimum absolute atomic E-state index is 0.0688. The molecule has 0 saturated carbocycles. The lowest BCUT2D eigenvalue weighted by Gasteiger charge is -2.33. The molecule has 1 amide bonds. The predicted molar refractivity (Wildman–Crippen MR) is 111 cm³/mol. The van der Waals surface area contributed by atoms with Gasteiger partial charge in [-0.1, -0.05) is 24.3 Å². The maximum atomic E-state index is 13.4. The van der Waals surface area contributed by atoms with Crippen LogP contribution < -0.4 is 0 Å². The number of fused-ring (bicyclic) bond motifs is 2. The molecule has 5 aromatic rings. The number of H-pyrrole nitrogens is 2. The molecule has 1 aliphatic rings. The third-order valence-electron chi connectivity index (χ3n) is 5.52. The van der Waals surface area contributed by atoms with Crippen molar-refractivity contribution in [2.75, 3.05) is 6.54 Å². The molecule has 152 valence electrons.